The zero-order valence-corrected chi connectivity index (χ0v) is 40.1. The normalized spacial score (nSPS) is 43.0. The summed E-state index contributed by atoms with van der Waals surface area (Å²) in [6.45, 7) is 12.9. The van der Waals surface area contributed by atoms with Crippen LogP contribution in [-0.4, -0.2) is 98.1 Å². The fraction of sp³-hybridized carbons (Fsp3) is 0.642. The molecule has 14 nitrogen and oxygen atoms in total. The van der Waals surface area contributed by atoms with E-state index in [0.717, 1.165) is 22.3 Å². The van der Waals surface area contributed by atoms with E-state index in [-0.39, 0.29) is 77.9 Å². The van der Waals surface area contributed by atoms with Crippen molar-refractivity contribution in [2.24, 2.45) is 58.7 Å². The molecule has 5 heterocycles. The maximum absolute atomic E-state index is 14.1. The molecule has 5 aliphatic heterocycles. The number of hydrogen-bond acceptors (Lipinski definition) is 14. The lowest BCUT2D eigenvalue weighted by Gasteiger charge is -2.50. The number of esters is 3. The summed E-state index contributed by atoms with van der Waals surface area (Å²) in [5.74, 6) is -0.703. The van der Waals surface area contributed by atoms with Crippen LogP contribution in [0.15, 0.2) is 40.5 Å². The van der Waals surface area contributed by atoms with Crippen molar-refractivity contribution in [3.63, 3.8) is 0 Å². The van der Waals surface area contributed by atoms with Gasteiger partial charge in [0.15, 0.2) is 23.0 Å². The Bertz CT molecular complexity index is 2610. The molecule has 0 radical (unpaired) electrons. The molecular formula is C53H63NO13. The summed E-state index contributed by atoms with van der Waals surface area (Å²) < 4.78 is 49.4. The first-order chi connectivity index (χ1) is 31.9. The van der Waals surface area contributed by atoms with Crippen molar-refractivity contribution in [1.82, 2.24) is 4.90 Å². The van der Waals surface area contributed by atoms with Crippen molar-refractivity contribution in [2.45, 2.75) is 115 Å². The Balaban J connectivity index is 1.05. The fourth-order valence-electron chi connectivity index (χ4n) is 16.9. The molecule has 12 rings (SSSR count). The number of ether oxygens (including phenoxy) is 8. The largest absolute Gasteiger partial charge is 0.493 e. The Labute approximate surface area is 391 Å². The van der Waals surface area contributed by atoms with Gasteiger partial charge in [-0.05, 0) is 108 Å². The van der Waals surface area contributed by atoms with Crippen molar-refractivity contribution in [3.8, 4) is 28.7 Å². The van der Waals surface area contributed by atoms with Crippen molar-refractivity contribution >= 4 is 17.9 Å². The minimum absolute atomic E-state index is 0.0222. The summed E-state index contributed by atoms with van der Waals surface area (Å²) in [6.07, 6.45) is 1.22. The lowest BCUT2D eigenvalue weighted by Crippen LogP contribution is -2.52. The molecule has 2 N–H and O–H groups in total. The van der Waals surface area contributed by atoms with Crippen LogP contribution in [0.2, 0.25) is 0 Å². The van der Waals surface area contributed by atoms with E-state index in [4.69, 9.17) is 37.9 Å². The van der Waals surface area contributed by atoms with Crippen molar-refractivity contribution in [2.75, 3.05) is 41.7 Å². The smallest absolute Gasteiger partial charge is 0.343 e. The molecule has 10 aliphatic rings. The average molecular weight is 922 g/mol. The molecule has 14 heteroatoms. The number of hydrogen-bond donors (Lipinski definition) is 2. The van der Waals surface area contributed by atoms with Gasteiger partial charge in [0, 0.05) is 52.7 Å². The molecule has 2 aromatic rings. The van der Waals surface area contributed by atoms with Gasteiger partial charge >= 0.3 is 17.9 Å². The molecule has 67 heavy (non-hydrogen) atoms. The standard InChI is InChI=1S/C53H63NO13/c1-21-26-13-15-51(5,58)39-34(41(26)65-48(21)55)24(4)38-37(39)33-23(3)30(53(38)46(33)52(6,59)16-14-27-22(2)49(56)67-47(27)53)17-25-19-54(7)40(35-29(25)18-32-44(45(35)62-10)64-20-63-32)42-28-11-12-31(60-8)43(61-9)36(28)50(57)66-42/h11-12,18,21-22,25-27,33,37-42,46-47,58-59H,13-17,19-20H2,1-10H3/t21-,22-,25?,26-,27-,33-,37-,38-,39-,40?,41-,42-,46-,47-,51-,52-,53-/m0/s1. The molecular weight excluding hydrogens is 859 g/mol. The fourth-order valence-corrected chi connectivity index (χ4v) is 16.9. The minimum Gasteiger partial charge on any atom is -0.493 e. The van der Waals surface area contributed by atoms with Crippen LogP contribution in [0.3, 0.4) is 0 Å². The zero-order chi connectivity index (χ0) is 47.1. The summed E-state index contributed by atoms with van der Waals surface area (Å²) in [6, 6.07) is 5.22. The third-order valence-corrected chi connectivity index (χ3v) is 19.4. The van der Waals surface area contributed by atoms with Crippen LogP contribution in [-0.2, 0) is 23.8 Å². The van der Waals surface area contributed by atoms with E-state index >= 15 is 0 Å². The molecule has 5 aliphatic carbocycles. The van der Waals surface area contributed by atoms with Crippen LogP contribution in [0.4, 0.5) is 0 Å². The Kier molecular flexibility index (Phi) is 9.34. The number of methoxy groups -OCH3 is 3. The van der Waals surface area contributed by atoms with Gasteiger partial charge in [-0.1, -0.05) is 36.6 Å². The lowest BCUT2D eigenvalue weighted by molar-refractivity contribution is -0.153. The minimum atomic E-state index is -1.13. The number of allylic oxidation sites excluding steroid dienone is 2. The van der Waals surface area contributed by atoms with E-state index in [0.29, 0.717) is 78.5 Å². The highest BCUT2D eigenvalue weighted by Crippen LogP contribution is 2.81. The van der Waals surface area contributed by atoms with Crippen LogP contribution >= 0.6 is 0 Å². The van der Waals surface area contributed by atoms with Crippen molar-refractivity contribution in [1.29, 1.82) is 0 Å². The summed E-state index contributed by atoms with van der Waals surface area (Å²) in [7, 11) is 6.72. The molecule has 17 atom stereocenters. The highest BCUT2D eigenvalue weighted by molar-refractivity contribution is 5.98. The van der Waals surface area contributed by atoms with Crippen LogP contribution in [0, 0.1) is 58.7 Å². The second kappa shape index (κ2) is 14.4. The highest BCUT2D eigenvalue weighted by Gasteiger charge is 2.80. The number of likely N-dealkylation sites (N-methyl/N-ethyl adjacent to an activating group) is 1. The number of cyclic esters (lactones) is 1. The lowest BCUT2D eigenvalue weighted by atomic mass is 9.56. The molecule has 3 saturated carbocycles. The summed E-state index contributed by atoms with van der Waals surface area (Å²) >= 11 is 0. The number of nitrogens with zero attached hydrogens (tertiary/aromatic N) is 1. The number of carbonyl (C=O) groups excluding carboxylic acids is 3. The van der Waals surface area contributed by atoms with Gasteiger partial charge < -0.3 is 48.1 Å². The number of fused-ring (bicyclic) bond motifs is 10. The van der Waals surface area contributed by atoms with Crippen LogP contribution in [0.5, 0.6) is 28.7 Å². The van der Waals surface area contributed by atoms with Crippen molar-refractivity contribution in [3.05, 3.63) is 62.7 Å². The second-order valence-corrected chi connectivity index (χ2v) is 22.2. The summed E-state index contributed by atoms with van der Waals surface area (Å²) in [5, 5.41) is 26.0. The van der Waals surface area contributed by atoms with Crippen LogP contribution in [0.25, 0.3) is 0 Å². The quantitative estimate of drug-likeness (QED) is 0.173. The third-order valence-electron chi connectivity index (χ3n) is 19.4. The molecule has 0 amide bonds. The SMILES string of the molecule is COc1ccc2c(c1OC)C(=O)O[C@@H]2C1c2c(cc3c(c2OC)OCO3)C(CC2=C(C)[C@H]3[C@H]4[C@H](C(C)=C5[C@H]6OC(=O)[C@@H](C)[C@@H]6CC[C@](C)(O)[C@@H]54)[C@]24[C@@H]3[C@@](C)(O)CC[C@H]2[C@H](C)C(=O)O[C@@H]24)CN1C. The van der Waals surface area contributed by atoms with Gasteiger partial charge in [-0.2, -0.15) is 0 Å². The van der Waals surface area contributed by atoms with Gasteiger partial charge in [-0.15, -0.1) is 0 Å². The van der Waals surface area contributed by atoms with Crippen molar-refractivity contribution < 1.29 is 62.5 Å². The number of benzene rings is 2. The van der Waals surface area contributed by atoms with E-state index in [1.807, 2.05) is 40.8 Å². The Hall–Kier alpha value is -4.79. The Morgan fingerprint density at radius 1 is 0.806 bits per heavy atom. The molecule has 0 spiro atoms. The molecule has 0 aromatic heterocycles. The number of aliphatic hydroxyl groups is 2. The first kappa shape index (κ1) is 43.5. The molecule has 2 saturated heterocycles. The second-order valence-electron chi connectivity index (χ2n) is 22.2. The Morgan fingerprint density at radius 2 is 1.51 bits per heavy atom. The van der Waals surface area contributed by atoms with Gasteiger partial charge in [-0.25, -0.2) is 4.79 Å². The highest BCUT2D eigenvalue weighted by atomic mass is 16.7. The number of carbonyl (C=O) groups is 3. The van der Waals surface area contributed by atoms with E-state index in [2.05, 4.69) is 24.8 Å². The number of rotatable bonds is 6. The van der Waals surface area contributed by atoms with Gasteiger partial charge in [0.05, 0.1) is 50.4 Å². The third kappa shape index (κ3) is 5.35. The summed E-state index contributed by atoms with van der Waals surface area (Å²) in [5.41, 5.74) is 4.26. The van der Waals surface area contributed by atoms with Crippen LogP contribution < -0.4 is 23.7 Å². The first-order valence-electron chi connectivity index (χ1n) is 24.4. The van der Waals surface area contributed by atoms with Gasteiger partial charge in [0.2, 0.25) is 12.5 Å². The summed E-state index contributed by atoms with van der Waals surface area (Å²) in [4.78, 5) is 43.6. The van der Waals surface area contributed by atoms with Gasteiger partial charge in [0.25, 0.3) is 0 Å². The Morgan fingerprint density at radius 3 is 2.24 bits per heavy atom. The maximum atomic E-state index is 14.1. The first-order valence-corrected chi connectivity index (χ1v) is 24.4. The zero-order valence-electron chi connectivity index (χ0n) is 40.1. The van der Waals surface area contributed by atoms with E-state index in [9.17, 15) is 24.6 Å². The molecule has 2 bridgehead atoms. The van der Waals surface area contributed by atoms with E-state index < -0.39 is 46.9 Å². The topological polar surface area (TPSA) is 169 Å². The predicted octanol–water partition coefficient (Wildman–Crippen LogP) is 7.00. The average Bonchev–Trinajstić information content (AvgIpc) is 4.14. The predicted molar refractivity (Wildman–Crippen MR) is 240 cm³/mol. The maximum Gasteiger partial charge on any atom is 0.343 e. The van der Waals surface area contributed by atoms with E-state index in [1.54, 1.807) is 13.2 Å². The van der Waals surface area contributed by atoms with Gasteiger partial charge in [0.1, 0.15) is 23.9 Å². The molecule has 2 aromatic carbocycles. The molecule has 5 fully saturated rings. The monoisotopic (exact) mass is 921 g/mol. The van der Waals surface area contributed by atoms with Crippen LogP contribution in [0.1, 0.15) is 119 Å². The van der Waals surface area contributed by atoms with Gasteiger partial charge in [-0.3, -0.25) is 14.5 Å². The molecule has 358 valence electrons. The van der Waals surface area contributed by atoms with E-state index in [1.165, 1.54) is 25.4 Å². The molecule has 2 unspecified atom stereocenters.